The molecule has 0 radical (unpaired) electrons. The van der Waals surface area contributed by atoms with Crippen molar-refractivity contribution < 1.29 is 9.57 Å². The van der Waals surface area contributed by atoms with E-state index < -0.39 is 0 Å². The fourth-order valence-electron chi connectivity index (χ4n) is 2.51. The first-order chi connectivity index (χ1) is 9.76. The smallest absolute Gasteiger partial charge is 0.165 e. The number of nitrogens with zero attached hydrogens (tertiary/aromatic N) is 1. The lowest BCUT2D eigenvalue weighted by Crippen LogP contribution is -2.19. The monoisotopic (exact) mass is 270 g/mol. The molecule has 102 valence electrons. The van der Waals surface area contributed by atoms with Crippen LogP contribution >= 0.6 is 0 Å². The minimum Gasteiger partial charge on any atom is -0.457 e. The van der Waals surface area contributed by atoms with Gasteiger partial charge >= 0.3 is 0 Å². The number of hydrogen-bond acceptors (Lipinski definition) is 5. The van der Waals surface area contributed by atoms with Gasteiger partial charge in [0.15, 0.2) is 11.1 Å². The molecule has 20 heavy (non-hydrogen) atoms. The van der Waals surface area contributed by atoms with E-state index in [1.165, 1.54) is 5.56 Å². The highest BCUT2D eigenvalue weighted by atomic mass is 16.7. The summed E-state index contributed by atoms with van der Waals surface area (Å²) in [6, 6.07) is 12.9. The third-order valence-electron chi connectivity index (χ3n) is 3.35. The van der Waals surface area contributed by atoms with Crippen molar-refractivity contribution in [1.29, 1.82) is 0 Å². The predicted molar refractivity (Wildman–Crippen MR) is 74.8 cm³/mol. The van der Waals surface area contributed by atoms with Gasteiger partial charge in [-0.05, 0) is 42.2 Å². The normalized spacial score (nSPS) is 16.6. The molecule has 1 unspecified atom stereocenters. The molecule has 5 heteroatoms. The van der Waals surface area contributed by atoms with E-state index in [2.05, 4.69) is 16.2 Å². The van der Waals surface area contributed by atoms with Crippen molar-refractivity contribution in [3.8, 4) is 17.2 Å². The zero-order chi connectivity index (χ0) is 13.9. The lowest BCUT2D eigenvalue weighted by Gasteiger charge is -2.10. The second-order valence-electron chi connectivity index (χ2n) is 4.80. The topological polar surface area (TPSA) is 73.9 Å². The molecule has 3 rings (SSSR count). The molecule has 1 aliphatic carbocycles. The molecule has 2 aromatic carbocycles. The summed E-state index contributed by atoms with van der Waals surface area (Å²) >= 11 is 0. The van der Waals surface area contributed by atoms with Gasteiger partial charge in [0.1, 0.15) is 11.5 Å². The zero-order valence-electron chi connectivity index (χ0n) is 10.8. The second-order valence-corrected chi connectivity index (χ2v) is 4.80. The molecule has 0 fully saturated rings. The van der Waals surface area contributed by atoms with E-state index in [4.69, 9.17) is 10.5 Å². The zero-order valence-corrected chi connectivity index (χ0v) is 10.8. The van der Waals surface area contributed by atoms with Crippen LogP contribution in [-0.4, -0.2) is 6.04 Å². The molecule has 0 saturated heterocycles. The average Bonchev–Trinajstić information content (AvgIpc) is 2.81. The molecule has 0 bridgehead atoms. The average molecular weight is 270 g/mol. The number of nitrogens with two attached hydrogens (primary N) is 1. The molecule has 0 amide bonds. The maximum absolute atomic E-state index is 10.1. The summed E-state index contributed by atoms with van der Waals surface area (Å²) in [5.41, 5.74) is 8.37. The molecule has 0 aromatic heterocycles. The van der Waals surface area contributed by atoms with Crippen molar-refractivity contribution in [2.45, 2.75) is 18.9 Å². The number of rotatable bonds is 4. The Labute approximate surface area is 116 Å². The molecule has 2 aromatic rings. The van der Waals surface area contributed by atoms with Gasteiger partial charge in [-0.2, -0.15) is 0 Å². The van der Waals surface area contributed by atoms with Crippen LogP contribution in [0.5, 0.6) is 17.2 Å². The maximum Gasteiger partial charge on any atom is 0.165 e. The summed E-state index contributed by atoms with van der Waals surface area (Å²) in [5, 5.41) is 2.40. The Balaban J connectivity index is 1.87. The van der Waals surface area contributed by atoms with E-state index in [9.17, 15) is 4.91 Å². The summed E-state index contributed by atoms with van der Waals surface area (Å²) < 4.78 is 5.88. The highest BCUT2D eigenvalue weighted by Crippen LogP contribution is 2.34. The van der Waals surface area contributed by atoms with Gasteiger partial charge in [-0.25, -0.2) is 0 Å². The fraction of sp³-hybridized carbons (Fsp3) is 0.200. The van der Waals surface area contributed by atoms with Gasteiger partial charge in [-0.1, -0.05) is 18.2 Å². The molecular formula is C15H14N2O3. The first-order valence-corrected chi connectivity index (χ1v) is 6.40. The van der Waals surface area contributed by atoms with Crippen LogP contribution in [0.1, 0.15) is 11.1 Å². The van der Waals surface area contributed by atoms with Crippen LogP contribution in [0.25, 0.3) is 0 Å². The van der Waals surface area contributed by atoms with Gasteiger partial charge in [-0.15, -0.1) is 4.91 Å². The van der Waals surface area contributed by atoms with Crippen LogP contribution in [0.15, 0.2) is 47.8 Å². The Kier molecular flexibility index (Phi) is 3.35. The Bertz CT molecular complexity index is 643. The Hall–Kier alpha value is -2.40. The molecule has 0 heterocycles. The van der Waals surface area contributed by atoms with Gasteiger partial charge in [0.2, 0.25) is 0 Å². The lowest BCUT2D eigenvalue weighted by molar-refractivity contribution is 0.332. The van der Waals surface area contributed by atoms with Crippen molar-refractivity contribution in [2.24, 2.45) is 11.1 Å². The van der Waals surface area contributed by atoms with E-state index in [0.29, 0.717) is 11.5 Å². The highest BCUT2D eigenvalue weighted by Gasteiger charge is 2.21. The minimum absolute atomic E-state index is 0.156. The van der Waals surface area contributed by atoms with Crippen LogP contribution in [0.4, 0.5) is 0 Å². The van der Waals surface area contributed by atoms with E-state index in [0.717, 1.165) is 24.2 Å². The highest BCUT2D eigenvalue weighted by molar-refractivity contribution is 5.47. The van der Waals surface area contributed by atoms with Crippen LogP contribution in [0.2, 0.25) is 0 Å². The van der Waals surface area contributed by atoms with Crippen LogP contribution in [0, 0.1) is 4.91 Å². The molecule has 0 aliphatic heterocycles. The lowest BCUT2D eigenvalue weighted by atomic mass is 10.1. The molecular weight excluding hydrogens is 256 g/mol. The van der Waals surface area contributed by atoms with Gasteiger partial charge in [0.25, 0.3) is 0 Å². The van der Waals surface area contributed by atoms with Gasteiger partial charge in [-0.3, -0.25) is 0 Å². The first-order valence-electron chi connectivity index (χ1n) is 6.40. The van der Waals surface area contributed by atoms with E-state index in [-0.39, 0.29) is 6.04 Å². The standard InChI is InChI=1S/C15H14N2O3/c16-11-7-10-3-1-6-15(14(10)8-11)19-12-4-2-5-13(9-12)20-17-18/h1-6,9,11H,7-8,16H2. The summed E-state index contributed by atoms with van der Waals surface area (Å²) in [7, 11) is 0. The van der Waals surface area contributed by atoms with Crippen LogP contribution < -0.4 is 15.3 Å². The van der Waals surface area contributed by atoms with Crippen molar-refractivity contribution in [2.75, 3.05) is 0 Å². The summed E-state index contributed by atoms with van der Waals surface area (Å²) in [6.45, 7) is 0. The third kappa shape index (κ3) is 2.48. The quantitative estimate of drug-likeness (QED) is 0.684. The minimum atomic E-state index is 0.156. The molecule has 5 nitrogen and oxygen atoms in total. The number of benzene rings is 2. The summed E-state index contributed by atoms with van der Waals surface area (Å²) in [5.74, 6) is 1.74. The van der Waals surface area contributed by atoms with Crippen molar-refractivity contribution in [1.82, 2.24) is 0 Å². The summed E-state index contributed by atoms with van der Waals surface area (Å²) in [4.78, 5) is 14.7. The molecule has 0 saturated carbocycles. The Morgan fingerprint density at radius 1 is 1.10 bits per heavy atom. The van der Waals surface area contributed by atoms with E-state index >= 15 is 0 Å². The number of ether oxygens (including phenoxy) is 1. The second kappa shape index (κ2) is 5.30. The largest absolute Gasteiger partial charge is 0.457 e. The van der Waals surface area contributed by atoms with Gasteiger partial charge < -0.3 is 15.3 Å². The number of hydrogen-bond donors (Lipinski definition) is 1. The molecule has 1 aliphatic rings. The van der Waals surface area contributed by atoms with Crippen LogP contribution in [-0.2, 0) is 12.8 Å². The molecule has 0 spiro atoms. The maximum atomic E-state index is 10.1. The van der Waals surface area contributed by atoms with Crippen LogP contribution in [0.3, 0.4) is 0 Å². The van der Waals surface area contributed by atoms with Crippen molar-refractivity contribution in [3.05, 3.63) is 58.5 Å². The molecule has 1 atom stereocenters. The SMILES string of the molecule is NC1Cc2cccc(Oc3cccc(ON=O)c3)c2C1. The van der Waals surface area contributed by atoms with Crippen molar-refractivity contribution in [3.63, 3.8) is 0 Å². The van der Waals surface area contributed by atoms with Crippen molar-refractivity contribution >= 4 is 0 Å². The molecule has 2 N–H and O–H groups in total. The first kappa shape index (κ1) is 12.6. The van der Waals surface area contributed by atoms with Gasteiger partial charge in [0.05, 0.1) is 0 Å². The van der Waals surface area contributed by atoms with E-state index in [1.807, 2.05) is 12.1 Å². The van der Waals surface area contributed by atoms with Gasteiger partial charge in [0, 0.05) is 12.1 Å². The van der Waals surface area contributed by atoms with E-state index in [1.54, 1.807) is 24.3 Å². The third-order valence-corrected chi connectivity index (χ3v) is 3.35. The number of fused-ring (bicyclic) bond motifs is 1. The Morgan fingerprint density at radius 2 is 1.90 bits per heavy atom. The Morgan fingerprint density at radius 3 is 2.75 bits per heavy atom. The summed E-state index contributed by atoms with van der Waals surface area (Å²) in [6.07, 6.45) is 1.70. The fourth-order valence-corrected chi connectivity index (χ4v) is 2.51. The predicted octanol–water partition coefficient (Wildman–Crippen LogP) is 2.97.